The highest BCUT2D eigenvalue weighted by Gasteiger charge is 2.31. The quantitative estimate of drug-likeness (QED) is 0.800. The monoisotopic (exact) mass is 395 g/mol. The highest BCUT2D eigenvalue weighted by molar-refractivity contribution is 5.95. The van der Waals surface area contributed by atoms with Crippen LogP contribution in [0.25, 0.3) is 0 Å². The highest BCUT2D eigenvalue weighted by Crippen LogP contribution is 2.32. The van der Waals surface area contributed by atoms with Crippen molar-refractivity contribution >= 4 is 17.6 Å². The van der Waals surface area contributed by atoms with Crippen LogP contribution in [-0.4, -0.2) is 31.7 Å². The highest BCUT2D eigenvalue weighted by atomic mass is 19.4. The largest absolute Gasteiger partial charge is 0.490 e. The lowest BCUT2D eigenvalue weighted by Gasteiger charge is -2.11. The third-order valence-corrected chi connectivity index (χ3v) is 3.79. The van der Waals surface area contributed by atoms with E-state index in [1.54, 1.807) is 18.2 Å². The molecular formula is C19H16F3NO5. The number of hydrogen-bond donors (Lipinski definition) is 1. The van der Waals surface area contributed by atoms with Crippen molar-refractivity contribution in [3.63, 3.8) is 0 Å². The van der Waals surface area contributed by atoms with Gasteiger partial charge in [-0.1, -0.05) is 6.07 Å². The summed E-state index contributed by atoms with van der Waals surface area (Å²) in [5, 5.41) is 2.52. The third kappa shape index (κ3) is 4.93. The van der Waals surface area contributed by atoms with E-state index in [1.165, 1.54) is 6.07 Å². The number of hydrogen-bond acceptors (Lipinski definition) is 5. The lowest BCUT2D eigenvalue weighted by molar-refractivity contribution is -0.137. The smallest absolute Gasteiger partial charge is 0.416 e. The molecule has 1 heterocycles. The Bertz CT molecular complexity index is 882. The molecule has 0 unspecified atom stereocenters. The maximum absolute atomic E-state index is 12.7. The van der Waals surface area contributed by atoms with E-state index >= 15 is 0 Å². The number of anilines is 1. The van der Waals surface area contributed by atoms with Gasteiger partial charge in [-0.05, 0) is 30.3 Å². The van der Waals surface area contributed by atoms with E-state index in [1.807, 2.05) is 0 Å². The average Bonchev–Trinajstić information content (AvgIpc) is 2.90. The molecule has 1 N–H and O–H groups in total. The van der Waals surface area contributed by atoms with Gasteiger partial charge in [0.1, 0.15) is 0 Å². The van der Waals surface area contributed by atoms with Crippen LogP contribution in [0.4, 0.5) is 18.9 Å². The first-order chi connectivity index (χ1) is 13.3. The second kappa shape index (κ2) is 8.20. The van der Waals surface area contributed by atoms with Crippen LogP contribution in [0, 0.1) is 0 Å². The molecule has 6 nitrogen and oxygen atoms in total. The third-order valence-electron chi connectivity index (χ3n) is 3.79. The van der Waals surface area contributed by atoms with Crippen molar-refractivity contribution < 1.29 is 37.0 Å². The molecule has 2 aromatic carbocycles. The van der Waals surface area contributed by atoms with Gasteiger partial charge >= 0.3 is 12.1 Å². The van der Waals surface area contributed by atoms with E-state index in [2.05, 4.69) is 5.32 Å². The zero-order chi connectivity index (χ0) is 20.1. The molecule has 0 saturated carbocycles. The second-order valence-corrected chi connectivity index (χ2v) is 5.91. The van der Waals surface area contributed by atoms with E-state index in [-0.39, 0.29) is 5.56 Å². The number of alkyl halides is 3. The minimum Gasteiger partial charge on any atom is -0.490 e. The number of carbonyl (C=O) groups excluding carboxylic acids is 2. The van der Waals surface area contributed by atoms with Gasteiger partial charge in [-0.15, -0.1) is 0 Å². The number of benzene rings is 2. The summed E-state index contributed by atoms with van der Waals surface area (Å²) < 4.78 is 53.9. The van der Waals surface area contributed by atoms with Crippen molar-refractivity contribution in [3.8, 4) is 11.5 Å². The van der Waals surface area contributed by atoms with Crippen LogP contribution in [0.2, 0.25) is 0 Å². The SMILES string of the molecule is O=C(COC(=O)c1cccc(C(F)(F)F)c1)Nc1ccc2c(c1)OCCCO2. The summed E-state index contributed by atoms with van der Waals surface area (Å²) in [6, 6.07) is 8.60. The summed E-state index contributed by atoms with van der Waals surface area (Å²) in [5.74, 6) is -0.627. The van der Waals surface area contributed by atoms with Crippen molar-refractivity contribution in [1.82, 2.24) is 0 Å². The standard InChI is InChI=1S/C19H16F3NO5/c20-19(21,22)13-4-1-3-12(9-13)18(25)28-11-17(24)23-14-5-6-15-16(10-14)27-8-2-7-26-15/h1,3-6,9-10H,2,7-8,11H2,(H,23,24). The first kappa shape index (κ1) is 19.5. The molecule has 9 heteroatoms. The topological polar surface area (TPSA) is 73.9 Å². The van der Waals surface area contributed by atoms with Gasteiger partial charge in [0, 0.05) is 18.2 Å². The van der Waals surface area contributed by atoms with Crippen molar-refractivity contribution in [3.05, 3.63) is 53.6 Å². The fraction of sp³-hybridized carbons (Fsp3) is 0.263. The Morgan fingerprint density at radius 3 is 2.54 bits per heavy atom. The summed E-state index contributed by atoms with van der Waals surface area (Å²) in [6.45, 7) is 0.368. The number of amides is 1. The van der Waals surface area contributed by atoms with Crippen LogP contribution in [0.3, 0.4) is 0 Å². The molecule has 1 aliphatic rings. The number of fused-ring (bicyclic) bond motifs is 1. The van der Waals surface area contributed by atoms with Gasteiger partial charge < -0.3 is 19.5 Å². The van der Waals surface area contributed by atoms with Crippen LogP contribution in [0.1, 0.15) is 22.3 Å². The van der Waals surface area contributed by atoms with Crippen LogP contribution < -0.4 is 14.8 Å². The molecule has 0 saturated heterocycles. The molecule has 1 aliphatic heterocycles. The van der Waals surface area contributed by atoms with Gasteiger partial charge in [0.2, 0.25) is 0 Å². The number of ether oxygens (including phenoxy) is 3. The fourth-order valence-electron chi connectivity index (χ4n) is 2.48. The minimum atomic E-state index is -4.58. The predicted octanol–water partition coefficient (Wildman–Crippen LogP) is 3.66. The molecule has 0 aromatic heterocycles. The number of esters is 1. The van der Waals surface area contributed by atoms with Crippen LogP contribution in [0.15, 0.2) is 42.5 Å². The second-order valence-electron chi connectivity index (χ2n) is 5.91. The molecule has 0 atom stereocenters. The van der Waals surface area contributed by atoms with Crippen molar-refractivity contribution in [1.29, 1.82) is 0 Å². The Kier molecular flexibility index (Phi) is 5.72. The van der Waals surface area contributed by atoms with Gasteiger partial charge in [0.05, 0.1) is 24.3 Å². The maximum Gasteiger partial charge on any atom is 0.416 e. The molecule has 28 heavy (non-hydrogen) atoms. The summed E-state index contributed by atoms with van der Waals surface area (Å²) in [5.41, 5.74) is -0.860. The number of halogens is 3. The molecule has 0 radical (unpaired) electrons. The molecule has 0 bridgehead atoms. The minimum absolute atomic E-state index is 0.293. The fourth-order valence-corrected chi connectivity index (χ4v) is 2.48. The predicted molar refractivity (Wildman–Crippen MR) is 92.4 cm³/mol. The summed E-state index contributed by atoms with van der Waals surface area (Å²) >= 11 is 0. The molecule has 3 rings (SSSR count). The van der Waals surface area contributed by atoms with E-state index in [0.717, 1.165) is 18.6 Å². The molecular weight excluding hydrogens is 379 g/mol. The molecule has 2 aromatic rings. The molecule has 148 valence electrons. The Morgan fingerprint density at radius 1 is 1.04 bits per heavy atom. The number of carbonyl (C=O) groups is 2. The van der Waals surface area contributed by atoms with Gasteiger partial charge in [-0.3, -0.25) is 4.79 Å². The van der Waals surface area contributed by atoms with E-state index in [4.69, 9.17) is 14.2 Å². The summed E-state index contributed by atoms with van der Waals surface area (Å²) in [6.07, 6.45) is -3.84. The Labute approximate surface area is 158 Å². The lowest BCUT2D eigenvalue weighted by atomic mass is 10.1. The normalized spacial score (nSPS) is 13.4. The number of nitrogens with one attached hydrogen (secondary N) is 1. The molecule has 0 spiro atoms. The molecule has 0 fully saturated rings. The van der Waals surface area contributed by atoms with Crippen molar-refractivity contribution in [2.24, 2.45) is 0 Å². The van der Waals surface area contributed by atoms with E-state index in [0.29, 0.717) is 36.5 Å². The van der Waals surface area contributed by atoms with E-state index < -0.39 is 30.2 Å². The van der Waals surface area contributed by atoms with Crippen LogP contribution in [0.5, 0.6) is 11.5 Å². The van der Waals surface area contributed by atoms with Crippen LogP contribution >= 0.6 is 0 Å². The Morgan fingerprint density at radius 2 is 1.79 bits per heavy atom. The van der Waals surface area contributed by atoms with Gasteiger partial charge in [-0.2, -0.15) is 13.2 Å². The lowest BCUT2D eigenvalue weighted by Crippen LogP contribution is -2.21. The molecule has 0 aliphatic carbocycles. The first-order valence-corrected chi connectivity index (χ1v) is 8.37. The zero-order valence-corrected chi connectivity index (χ0v) is 14.5. The maximum atomic E-state index is 12.7. The first-order valence-electron chi connectivity index (χ1n) is 8.37. The Balaban J connectivity index is 1.57. The van der Waals surface area contributed by atoms with Gasteiger partial charge in [-0.25, -0.2) is 4.79 Å². The van der Waals surface area contributed by atoms with Crippen LogP contribution in [-0.2, 0) is 15.7 Å². The number of rotatable bonds is 4. The van der Waals surface area contributed by atoms with Gasteiger partial charge in [0.15, 0.2) is 18.1 Å². The zero-order valence-electron chi connectivity index (χ0n) is 14.5. The van der Waals surface area contributed by atoms with Gasteiger partial charge in [0.25, 0.3) is 5.91 Å². The molecule has 1 amide bonds. The Hall–Kier alpha value is -3.23. The van der Waals surface area contributed by atoms with Crippen molar-refractivity contribution in [2.45, 2.75) is 12.6 Å². The van der Waals surface area contributed by atoms with E-state index in [9.17, 15) is 22.8 Å². The summed E-state index contributed by atoms with van der Waals surface area (Å²) in [4.78, 5) is 23.9. The van der Waals surface area contributed by atoms with Crippen molar-refractivity contribution in [2.75, 3.05) is 25.1 Å². The summed E-state index contributed by atoms with van der Waals surface area (Å²) in [7, 11) is 0. The average molecular weight is 395 g/mol.